The van der Waals surface area contributed by atoms with Crippen LogP contribution in [0.4, 0.5) is 8.78 Å². The van der Waals surface area contributed by atoms with Crippen LogP contribution in [0.1, 0.15) is 12.4 Å². The molecule has 10 heteroatoms. The highest BCUT2D eigenvalue weighted by atomic mass is 32.2. The highest BCUT2D eigenvalue weighted by Crippen LogP contribution is 2.30. The number of halogens is 2. The molecule has 2 aromatic rings. The molecule has 1 aromatic carbocycles. The Balaban J connectivity index is 2.37. The van der Waals surface area contributed by atoms with Gasteiger partial charge in [-0.1, -0.05) is 0 Å². The molecule has 0 atom stereocenters. The third-order valence-corrected chi connectivity index (χ3v) is 5.21. The molecule has 24 heavy (non-hydrogen) atoms. The summed E-state index contributed by atoms with van der Waals surface area (Å²) in [6.45, 7) is -3.12. The largest absolute Gasteiger partial charge is 0.497 e. The summed E-state index contributed by atoms with van der Waals surface area (Å²) in [5.74, 6) is 0.384. The van der Waals surface area contributed by atoms with Crippen LogP contribution in [0.5, 0.6) is 11.5 Å². The van der Waals surface area contributed by atoms with Gasteiger partial charge in [-0.3, -0.25) is 4.57 Å². The quantitative estimate of drug-likeness (QED) is 0.755. The SMILES string of the molecule is COc1ccc(OC)c(S(=O)(=O)N(C)Cc2nccn2C(F)F)c1. The standard InChI is InChI=1S/C14H17F2N3O4S/c1-18(9-13-17-6-7-19(13)14(15)16)24(20,21)12-8-10(22-2)4-5-11(12)23-3/h4-8,14H,9H2,1-3H3. The van der Waals surface area contributed by atoms with Crippen LogP contribution < -0.4 is 9.47 Å². The van der Waals surface area contributed by atoms with Gasteiger partial charge in [-0.2, -0.15) is 13.1 Å². The zero-order valence-corrected chi connectivity index (χ0v) is 14.1. The summed E-state index contributed by atoms with van der Waals surface area (Å²) < 4.78 is 62.9. The van der Waals surface area contributed by atoms with Crippen LogP contribution in [0.25, 0.3) is 0 Å². The maximum atomic E-state index is 12.9. The molecule has 0 aliphatic carbocycles. The van der Waals surface area contributed by atoms with Crippen LogP contribution in [-0.4, -0.2) is 43.5 Å². The van der Waals surface area contributed by atoms with E-state index in [9.17, 15) is 17.2 Å². The minimum Gasteiger partial charge on any atom is -0.497 e. The number of alkyl halides is 2. The van der Waals surface area contributed by atoms with Gasteiger partial charge in [0.25, 0.3) is 0 Å². The molecule has 0 N–H and O–H groups in total. The summed E-state index contributed by atoms with van der Waals surface area (Å²) in [4.78, 5) is 3.66. The van der Waals surface area contributed by atoms with Gasteiger partial charge < -0.3 is 9.47 Å². The monoisotopic (exact) mass is 361 g/mol. The predicted octanol–water partition coefficient (Wildman–Crippen LogP) is 2.12. The van der Waals surface area contributed by atoms with Crippen molar-refractivity contribution in [2.24, 2.45) is 0 Å². The van der Waals surface area contributed by atoms with E-state index in [0.717, 1.165) is 10.5 Å². The molecule has 0 fully saturated rings. The molecule has 0 aliphatic heterocycles. The minimum atomic E-state index is -4.00. The number of imidazole rings is 1. The maximum absolute atomic E-state index is 12.9. The van der Waals surface area contributed by atoms with Gasteiger partial charge in [0.2, 0.25) is 10.0 Å². The Kier molecular flexibility index (Phi) is 5.40. The van der Waals surface area contributed by atoms with E-state index >= 15 is 0 Å². The number of rotatable bonds is 7. The van der Waals surface area contributed by atoms with Crippen LogP contribution in [0.3, 0.4) is 0 Å². The lowest BCUT2D eigenvalue weighted by molar-refractivity contribution is 0.0658. The number of benzene rings is 1. The molecule has 2 rings (SSSR count). The predicted molar refractivity (Wildman–Crippen MR) is 81.7 cm³/mol. The van der Waals surface area contributed by atoms with E-state index in [0.29, 0.717) is 10.3 Å². The van der Waals surface area contributed by atoms with Crippen LogP contribution in [0.15, 0.2) is 35.5 Å². The Bertz CT molecular complexity index is 808. The Morgan fingerprint density at radius 1 is 1.29 bits per heavy atom. The fourth-order valence-electron chi connectivity index (χ4n) is 2.08. The Labute approximate surface area is 138 Å². The number of nitrogens with zero attached hydrogens (tertiary/aromatic N) is 3. The van der Waals surface area contributed by atoms with E-state index in [1.54, 1.807) is 6.07 Å². The lowest BCUT2D eigenvalue weighted by atomic mass is 10.3. The van der Waals surface area contributed by atoms with Gasteiger partial charge in [0, 0.05) is 25.5 Å². The molecule has 0 spiro atoms. The van der Waals surface area contributed by atoms with E-state index in [1.165, 1.54) is 39.6 Å². The fourth-order valence-corrected chi connectivity index (χ4v) is 3.37. The second-order valence-electron chi connectivity index (χ2n) is 4.81. The van der Waals surface area contributed by atoms with Gasteiger partial charge in [0.1, 0.15) is 22.2 Å². The van der Waals surface area contributed by atoms with E-state index < -0.39 is 16.6 Å². The van der Waals surface area contributed by atoms with E-state index in [-0.39, 0.29) is 23.0 Å². The Morgan fingerprint density at radius 2 is 2.00 bits per heavy atom. The van der Waals surface area contributed by atoms with Crippen LogP contribution in [-0.2, 0) is 16.6 Å². The summed E-state index contributed by atoms with van der Waals surface area (Å²) in [6, 6.07) is 4.32. The Hall–Kier alpha value is -2.20. The number of hydrogen-bond acceptors (Lipinski definition) is 5. The first kappa shape index (κ1) is 18.1. The molecule has 0 radical (unpaired) electrons. The van der Waals surface area contributed by atoms with Crippen molar-refractivity contribution in [1.29, 1.82) is 0 Å². The van der Waals surface area contributed by atoms with Gasteiger partial charge in [-0.05, 0) is 12.1 Å². The Morgan fingerprint density at radius 3 is 2.58 bits per heavy atom. The van der Waals surface area contributed by atoms with Crippen molar-refractivity contribution < 1.29 is 26.7 Å². The van der Waals surface area contributed by atoms with Crippen LogP contribution in [0, 0.1) is 0 Å². The van der Waals surface area contributed by atoms with Crippen LogP contribution in [0.2, 0.25) is 0 Å². The fraction of sp³-hybridized carbons (Fsp3) is 0.357. The van der Waals surface area contributed by atoms with E-state index in [4.69, 9.17) is 9.47 Å². The number of sulfonamides is 1. The molecule has 0 unspecified atom stereocenters. The summed E-state index contributed by atoms with van der Waals surface area (Å²) in [5, 5.41) is 0. The van der Waals surface area contributed by atoms with Gasteiger partial charge >= 0.3 is 6.55 Å². The first-order valence-electron chi connectivity index (χ1n) is 6.79. The first-order chi connectivity index (χ1) is 11.3. The third kappa shape index (κ3) is 3.49. The molecule has 0 saturated heterocycles. The number of hydrogen-bond donors (Lipinski definition) is 0. The summed E-state index contributed by atoms with van der Waals surface area (Å²) in [5.41, 5.74) is 0. The second-order valence-corrected chi connectivity index (χ2v) is 6.82. The summed E-state index contributed by atoms with van der Waals surface area (Å²) in [6.07, 6.45) is 2.28. The third-order valence-electron chi connectivity index (χ3n) is 3.38. The zero-order chi connectivity index (χ0) is 17.9. The number of aromatic nitrogens is 2. The van der Waals surface area contributed by atoms with Gasteiger partial charge in [0.15, 0.2) is 0 Å². The minimum absolute atomic E-state index is 0.0714. The summed E-state index contributed by atoms with van der Waals surface area (Å²) >= 11 is 0. The molecule has 0 saturated carbocycles. The normalized spacial score (nSPS) is 12.0. The molecular formula is C14H17F2N3O4S. The van der Waals surface area contributed by atoms with Gasteiger partial charge in [-0.15, -0.1) is 0 Å². The highest BCUT2D eigenvalue weighted by Gasteiger charge is 2.27. The second kappa shape index (κ2) is 7.14. The lowest BCUT2D eigenvalue weighted by Crippen LogP contribution is -2.28. The molecule has 0 amide bonds. The molecular weight excluding hydrogens is 344 g/mol. The topological polar surface area (TPSA) is 73.7 Å². The average Bonchev–Trinajstić information content (AvgIpc) is 3.02. The summed E-state index contributed by atoms with van der Waals surface area (Å²) in [7, 11) is 0.0155. The van der Waals surface area contributed by atoms with Crippen molar-refractivity contribution in [3.05, 3.63) is 36.4 Å². The molecule has 0 aliphatic rings. The van der Waals surface area contributed by atoms with E-state index in [2.05, 4.69) is 4.98 Å². The van der Waals surface area contributed by atoms with Crippen molar-refractivity contribution in [3.8, 4) is 11.5 Å². The van der Waals surface area contributed by atoms with Crippen LogP contribution >= 0.6 is 0 Å². The number of ether oxygens (including phenoxy) is 2. The molecule has 1 aromatic heterocycles. The average molecular weight is 361 g/mol. The van der Waals surface area contributed by atoms with Crippen molar-refractivity contribution >= 4 is 10.0 Å². The van der Waals surface area contributed by atoms with Crippen molar-refractivity contribution in [3.63, 3.8) is 0 Å². The maximum Gasteiger partial charge on any atom is 0.319 e. The molecule has 132 valence electrons. The van der Waals surface area contributed by atoms with Gasteiger partial charge in [0.05, 0.1) is 20.8 Å². The highest BCUT2D eigenvalue weighted by molar-refractivity contribution is 7.89. The number of methoxy groups -OCH3 is 2. The lowest BCUT2D eigenvalue weighted by Gasteiger charge is -2.19. The molecule has 7 nitrogen and oxygen atoms in total. The zero-order valence-electron chi connectivity index (χ0n) is 13.3. The smallest absolute Gasteiger partial charge is 0.319 e. The van der Waals surface area contributed by atoms with Crippen molar-refractivity contribution in [1.82, 2.24) is 13.9 Å². The van der Waals surface area contributed by atoms with Crippen molar-refractivity contribution in [2.75, 3.05) is 21.3 Å². The first-order valence-corrected chi connectivity index (χ1v) is 8.23. The van der Waals surface area contributed by atoms with Gasteiger partial charge in [-0.25, -0.2) is 13.4 Å². The molecule has 1 heterocycles. The van der Waals surface area contributed by atoms with Crippen molar-refractivity contribution in [2.45, 2.75) is 18.0 Å². The van der Waals surface area contributed by atoms with E-state index in [1.807, 2.05) is 0 Å². The molecule has 0 bridgehead atoms.